The molecule has 3 nitrogen and oxygen atoms in total. The summed E-state index contributed by atoms with van der Waals surface area (Å²) in [7, 11) is 0. The van der Waals surface area contributed by atoms with Crippen LogP contribution in [-0.2, 0) is 11.3 Å². The zero-order chi connectivity index (χ0) is 18.6. The summed E-state index contributed by atoms with van der Waals surface area (Å²) in [5.41, 5.74) is 0.794. The van der Waals surface area contributed by atoms with Gasteiger partial charge in [-0.25, -0.2) is 8.78 Å². The lowest BCUT2D eigenvalue weighted by Gasteiger charge is -2.14. The number of rotatable bonds is 11. The summed E-state index contributed by atoms with van der Waals surface area (Å²) in [6.45, 7) is 4.83. The Morgan fingerprint density at radius 2 is 2.15 bits per heavy atom. The lowest BCUT2D eigenvalue weighted by molar-refractivity contribution is 0.0651. The van der Waals surface area contributed by atoms with Crippen LogP contribution in [0.15, 0.2) is 18.2 Å². The van der Waals surface area contributed by atoms with Crippen LogP contribution in [0.2, 0.25) is 0 Å². The molecule has 148 valence electrons. The minimum absolute atomic E-state index is 0.0896. The van der Waals surface area contributed by atoms with Crippen LogP contribution in [-0.4, -0.2) is 32.5 Å². The van der Waals surface area contributed by atoms with E-state index in [0.717, 1.165) is 37.4 Å². The first-order valence-corrected chi connectivity index (χ1v) is 10.0. The second kappa shape index (κ2) is 12.2. The lowest BCUT2D eigenvalue weighted by Crippen LogP contribution is -2.20. The minimum Gasteiger partial charge on any atom is -0.491 e. The molecule has 1 heterocycles. The second-order valence-electron chi connectivity index (χ2n) is 7.16. The third-order valence-corrected chi connectivity index (χ3v) is 4.89. The van der Waals surface area contributed by atoms with E-state index in [1.807, 2.05) is 6.92 Å². The molecule has 2 atom stereocenters. The third kappa shape index (κ3) is 8.00. The van der Waals surface area contributed by atoms with Crippen LogP contribution >= 0.6 is 0 Å². The molecular weight excluding hydrogens is 336 g/mol. The molecule has 1 aromatic rings. The maximum Gasteiger partial charge on any atom is 0.165 e. The summed E-state index contributed by atoms with van der Waals surface area (Å²) in [5.74, 6) is 0.589. The maximum absolute atomic E-state index is 14.0. The van der Waals surface area contributed by atoms with Crippen molar-refractivity contribution in [2.45, 2.75) is 64.6 Å². The lowest BCUT2D eigenvalue weighted by atomic mass is 9.96. The minimum atomic E-state index is -0.936. The van der Waals surface area contributed by atoms with Crippen LogP contribution in [0.4, 0.5) is 8.78 Å². The van der Waals surface area contributed by atoms with E-state index in [1.54, 1.807) is 12.1 Å². The summed E-state index contributed by atoms with van der Waals surface area (Å²) >= 11 is 0. The van der Waals surface area contributed by atoms with Crippen molar-refractivity contribution in [1.29, 1.82) is 0 Å². The van der Waals surface area contributed by atoms with Gasteiger partial charge in [0.1, 0.15) is 6.17 Å². The van der Waals surface area contributed by atoms with Crippen molar-refractivity contribution in [3.8, 4) is 5.75 Å². The van der Waals surface area contributed by atoms with Gasteiger partial charge in [0.05, 0.1) is 19.8 Å². The number of halogens is 2. The highest BCUT2D eigenvalue weighted by atomic mass is 19.1. The highest BCUT2D eigenvalue weighted by Gasteiger charge is 2.13. The molecule has 0 spiro atoms. The molecular formula is C21H33F2NO2. The predicted molar refractivity (Wildman–Crippen MR) is 101 cm³/mol. The van der Waals surface area contributed by atoms with E-state index in [4.69, 9.17) is 9.47 Å². The quantitative estimate of drug-likeness (QED) is 0.555. The highest BCUT2D eigenvalue weighted by molar-refractivity contribution is 5.29. The van der Waals surface area contributed by atoms with Crippen LogP contribution in [0.3, 0.4) is 0 Å². The van der Waals surface area contributed by atoms with Gasteiger partial charge in [0.2, 0.25) is 0 Å². The van der Waals surface area contributed by atoms with Crippen molar-refractivity contribution in [3.05, 3.63) is 29.6 Å². The number of nitrogens with one attached hydrogen (secondary N) is 1. The smallest absolute Gasteiger partial charge is 0.165 e. The molecule has 1 fully saturated rings. The van der Waals surface area contributed by atoms with E-state index in [-0.39, 0.29) is 24.8 Å². The number of unbranched alkanes of at least 4 members (excludes halogenated alkanes) is 1. The number of benzene rings is 1. The van der Waals surface area contributed by atoms with E-state index >= 15 is 0 Å². The molecule has 0 amide bonds. The van der Waals surface area contributed by atoms with Crippen LogP contribution in [0.1, 0.15) is 57.4 Å². The van der Waals surface area contributed by atoms with Crippen molar-refractivity contribution < 1.29 is 18.3 Å². The SMILES string of the molecule is CCOc1cc(COC[C@H](F)CCCCC2CCCCNC2)ccc1F. The molecule has 1 N–H and O–H groups in total. The van der Waals surface area contributed by atoms with Crippen molar-refractivity contribution in [1.82, 2.24) is 5.32 Å². The zero-order valence-electron chi connectivity index (χ0n) is 15.9. The molecule has 1 aromatic carbocycles. The van der Waals surface area contributed by atoms with Crippen LogP contribution < -0.4 is 10.1 Å². The van der Waals surface area contributed by atoms with E-state index in [2.05, 4.69) is 5.32 Å². The topological polar surface area (TPSA) is 30.5 Å². The number of hydrogen-bond donors (Lipinski definition) is 1. The average molecular weight is 369 g/mol. The zero-order valence-corrected chi connectivity index (χ0v) is 15.9. The number of ether oxygens (including phenoxy) is 2. The van der Waals surface area contributed by atoms with Gasteiger partial charge in [-0.1, -0.05) is 25.3 Å². The first-order valence-electron chi connectivity index (χ1n) is 10.0. The van der Waals surface area contributed by atoms with Gasteiger partial charge in [-0.15, -0.1) is 0 Å². The van der Waals surface area contributed by atoms with Gasteiger partial charge in [0.25, 0.3) is 0 Å². The Labute approximate surface area is 156 Å². The summed E-state index contributed by atoms with van der Waals surface area (Å²) in [6.07, 6.45) is 6.69. The Hall–Kier alpha value is -1.20. The normalized spacial score (nSPS) is 19.1. The summed E-state index contributed by atoms with van der Waals surface area (Å²) in [4.78, 5) is 0. The number of hydrogen-bond acceptors (Lipinski definition) is 3. The standard InChI is InChI=1S/C21H33F2NO2/c1-2-26-21-13-18(10-11-20(21)23)15-25-16-19(22)9-4-3-7-17-8-5-6-12-24-14-17/h10-11,13,17,19,24H,2-9,12,14-16H2,1H3/t17?,19-/m1/s1. The second-order valence-corrected chi connectivity index (χ2v) is 7.16. The van der Waals surface area contributed by atoms with Gasteiger partial charge in [-0.05, 0) is 69.3 Å². The van der Waals surface area contributed by atoms with Crippen LogP contribution in [0.25, 0.3) is 0 Å². The van der Waals surface area contributed by atoms with Crippen LogP contribution in [0, 0.1) is 11.7 Å². The molecule has 26 heavy (non-hydrogen) atoms. The Kier molecular flexibility index (Phi) is 9.93. The van der Waals surface area contributed by atoms with E-state index in [9.17, 15) is 8.78 Å². The van der Waals surface area contributed by atoms with Gasteiger partial charge in [-0.3, -0.25) is 0 Å². The number of alkyl halides is 1. The van der Waals surface area contributed by atoms with Crippen molar-refractivity contribution >= 4 is 0 Å². The predicted octanol–water partition coefficient (Wildman–Crippen LogP) is 5.03. The molecule has 5 heteroatoms. The Morgan fingerprint density at radius 1 is 1.27 bits per heavy atom. The molecule has 1 saturated heterocycles. The molecule has 0 radical (unpaired) electrons. The van der Waals surface area contributed by atoms with E-state index in [1.165, 1.54) is 31.7 Å². The first kappa shape index (κ1) is 21.1. The first-order chi connectivity index (χ1) is 12.7. The van der Waals surface area contributed by atoms with E-state index < -0.39 is 6.17 Å². The van der Waals surface area contributed by atoms with Crippen LogP contribution in [0.5, 0.6) is 5.75 Å². The molecule has 0 bridgehead atoms. The Bertz CT molecular complexity index is 505. The van der Waals surface area contributed by atoms with Gasteiger partial charge in [0.15, 0.2) is 11.6 Å². The van der Waals surface area contributed by atoms with Crippen molar-refractivity contribution in [2.24, 2.45) is 5.92 Å². The van der Waals surface area contributed by atoms with Crippen molar-refractivity contribution in [2.75, 3.05) is 26.3 Å². The summed E-state index contributed by atoms with van der Waals surface area (Å²) in [6, 6.07) is 4.62. The van der Waals surface area contributed by atoms with Gasteiger partial charge >= 0.3 is 0 Å². The monoisotopic (exact) mass is 369 g/mol. The van der Waals surface area contributed by atoms with Crippen molar-refractivity contribution in [3.63, 3.8) is 0 Å². The fourth-order valence-electron chi connectivity index (χ4n) is 3.43. The third-order valence-electron chi connectivity index (χ3n) is 4.89. The van der Waals surface area contributed by atoms with Gasteiger partial charge in [0, 0.05) is 0 Å². The molecule has 0 saturated carbocycles. The molecule has 2 rings (SSSR count). The highest BCUT2D eigenvalue weighted by Crippen LogP contribution is 2.21. The molecule has 0 aliphatic carbocycles. The van der Waals surface area contributed by atoms with Gasteiger partial charge < -0.3 is 14.8 Å². The molecule has 1 aliphatic rings. The summed E-state index contributed by atoms with van der Waals surface area (Å²) < 4.78 is 38.2. The largest absolute Gasteiger partial charge is 0.491 e. The fraction of sp³-hybridized carbons (Fsp3) is 0.714. The van der Waals surface area contributed by atoms with Gasteiger partial charge in [-0.2, -0.15) is 0 Å². The maximum atomic E-state index is 14.0. The fourth-order valence-corrected chi connectivity index (χ4v) is 3.43. The Morgan fingerprint density at radius 3 is 3.00 bits per heavy atom. The molecule has 1 unspecified atom stereocenters. The summed E-state index contributed by atoms with van der Waals surface area (Å²) in [5, 5.41) is 3.48. The average Bonchev–Trinajstić information content (AvgIpc) is 2.90. The molecule has 1 aliphatic heterocycles. The van der Waals surface area contributed by atoms with E-state index in [0.29, 0.717) is 13.0 Å². The molecule has 0 aromatic heterocycles. The Balaban J connectivity index is 1.57.